The first-order valence-corrected chi connectivity index (χ1v) is 10.2. The van der Waals surface area contributed by atoms with Crippen molar-refractivity contribution < 1.29 is 23.5 Å². The third-order valence-electron chi connectivity index (χ3n) is 5.07. The van der Waals surface area contributed by atoms with E-state index in [2.05, 4.69) is 4.98 Å². The largest absolute Gasteiger partial charge is 0.497 e. The van der Waals surface area contributed by atoms with Gasteiger partial charge in [-0.2, -0.15) is 0 Å². The summed E-state index contributed by atoms with van der Waals surface area (Å²) in [6, 6.07) is 17.2. The van der Waals surface area contributed by atoms with Gasteiger partial charge in [0.1, 0.15) is 12.0 Å². The van der Waals surface area contributed by atoms with Crippen LogP contribution in [0.25, 0.3) is 11.5 Å². The number of ether oxygens (including phenoxy) is 2. The number of nitrogens with zero attached hydrogens (tertiary/aromatic N) is 2. The number of esters is 1. The van der Waals surface area contributed by atoms with Gasteiger partial charge in [-0.1, -0.05) is 30.3 Å². The van der Waals surface area contributed by atoms with Gasteiger partial charge in [-0.05, 0) is 42.7 Å². The van der Waals surface area contributed by atoms with Gasteiger partial charge in [-0.3, -0.25) is 9.59 Å². The van der Waals surface area contributed by atoms with Crippen LogP contribution in [-0.2, 0) is 27.3 Å². The fourth-order valence-electron chi connectivity index (χ4n) is 3.26. The Bertz CT molecular complexity index is 1030. The molecule has 4 rings (SSSR count). The van der Waals surface area contributed by atoms with Crippen LogP contribution in [0.5, 0.6) is 5.75 Å². The molecule has 1 saturated carbocycles. The molecule has 1 heterocycles. The molecule has 7 nitrogen and oxygen atoms in total. The summed E-state index contributed by atoms with van der Waals surface area (Å²) in [5, 5.41) is 0. The number of carbonyl (C=O) groups is 2. The average molecular weight is 420 g/mol. The molecule has 3 aromatic rings. The zero-order valence-corrected chi connectivity index (χ0v) is 17.3. The minimum absolute atomic E-state index is 0.0501. The van der Waals surface area contributed by atoms with Crippen molar-refractivity contribution >= 4 is 11.9 Å². The molecule has 31 heavy (non-hydrogen) atoms. The fraction of sp³-hybridized carbons (Fsp3) is 0.292. The van der Waals surface area contributed by atoms with Gasteiger partial charge in [0.25, 0.3) is 5.91 Å². The number of aromatic nitrogens is 1. The summed E-state index contributed by atoms with van der Waals surface area (Å²) in [6.45, 7) is 0.198. The van der Waals surface area contributed by atoms with Crippen molar-refractivity contribution in [1.82, 2.24) is 9.88 Å². The number of hydrogen-bond donors (Lipinski definition) is 0. The molecule has 0 N–H and O–H groups in total. The molecule has 0 aliphatic heterocycles. The molecule has 0 atom stereocenters. The molecule has 0 bridgehead atoms. The molecule has 1 aliphatic rings. The second kappa shape index (κ2) is 9.47. The number of oxazole rings is 1. The SMILES string of the molecule is COc1ccc(CN(C(=O)COC(=O)Cc2coc(-c3ccccc3)n2)C2CC2)cc1. The van der Waals surface area contributed by atoms with E-state index in [0.717, 1.165) is 29.7 Å². The quantitative estimate of drug-likeness (QED) is 0.492. The minimum atomic E-state index is -0.513. The predicted molar refractivity (Wildman–Crippen MR) is 113 cm³/mol. The van der Waals surface area contributed by atoms with Crippen molar-refractivity contribution in [3.63, 3.8) is 0 Å². The summed E-state index contributed by atoms with van der Waals surface area (Å²) < 4.78 is 15.8. The monoisotopic (exact) mass is 420 g/mol. The van der Waals surface area contributed by atoms with E-state index in [0.29, 0.717) is 18.1 Å². The molecule has 0 unspecified atom stereocenters. The van der Waals surface area contributed by atoms with Crippen LogP contribution in [0.3, 0.4) is 0 Å². The fourth-order valence-corrected chi connectivity index (χ4v) is 3.26. The summed E-state index contributed by atoms with van der Waals surface area (Å²) in [4.78, 5) is 31.0. The Labute approximate surface area is 180 Å². The molecule has 160 valence electrons. The van der Waals surface area contributed by atoms with Gasteiger partial charge in [0.05, 0.1) is 19.2 Å². The van der Waals surface area contributed by atoms with Crippen molar-refractivity contribution in [2.75, 3.05) is 13.7 Å². The second-order valence-corrected chi connectivity index (χ2v) is 7.45. The van der Waals surface area contributed by atoms with Crippen LogP contribution in [0.15, 0.2) is 65.3 Å². The summed E-state index contributed by atoms with van der Waals surface area (Å²) in [5.74, 6) is 0.502. The van der Waals surface area contributed by atoms with Crippen molar-refractivity contribution in [3.8, 4) is 17.2 Å². The van der Waals surface area contributed by atoms with E-state index in [1.54, 1.807) is 12.0 Å². The molecule has 1 fully saturated rings. The van der Waals surface area contributed by atoms with E-state index in [1.807, 2.05) is 54.6 Å². The van der Waals surface area contributed by atoms with Gasteiger partial charge in [0.15, 0.2) is 6.61 Å². The van der Waals surface area contributed by atoms with Crippen LogP contribution in [0.4, 0.5) is 0 Å². The van der Waals surface area contributed by atoms with E-state index in [9.17, 15) is 9.59 Å². The summed E-state index contributed by atoms with van der Waals surface area (Å²) in [5.41, 5.74) is 2.30. The van der Waals surface area contributed by atoms with Crippen LogP contribution < -0.4 is 4.74 Å². The number of methoxy groups -OCH3 is 1. The van der Waals surface area contributed by atoms with Crippen molar-refractivity contribution in [2.45, 2.75) is 31.8 Å². The van der Waals surface area contributed by atoms with Crippen LogP contribution >= 0.6 is 0 Å². The maximum absolute atomic E-state index is 12.7. The highest BCUT2D eigenvalue weighted by Gasteiger charge is 2.33. The number of carbonyl (C=O) groups excluding carboxylic acids is 2. The Morgan fingerprint density at radius 1 is 1.10 bits per heavy atom. The van der Waals surface area contributed by atoms with E-state index in [-0.39, 0.29) is 25.0 Å². The van der Waals surface area contributed by atoms with Crippen molar-refractivity contribution in [3.05, 3.63) is 72.1 Å². The molecule has 0 radical (unpaired) electrons. The number of amides is 1. The lowest BCUT2D eigenvalue weighted by molar-refractivity contribution is -0.152. The van der Waals surface area contributed by atoms with Crippen LogP contribution in [-0.4, -0.2) is 41.5 Å². The number of rotatable bonds is 9. The smallest absolute Gasteiger partial charge is 0.312 e. The lowest BCUT2D eigenvalue weighted by Crippen LogP contribution is -2.36. The van der Waals surface area contributed by atoms with Gasteiger partial charge < -0.3 is 18.8 Å². The maximum Gasteiger partial charge on any atom is 0.312 e. The molecule has 7 heteroatoms. The molecule has 2 aromatic carbocycles. The Kier molecular flexibility index (Phi) is 6.31. The normalized spacial score (nSPS) is 12.9. The maximum atomic E-state index is 12.7. The Morgan fingerprint density at radius 2 is 1.84 bits per heavy atom. The zero-order chi connectivity index (χ0) is 21.6. The molecule has 1 amide bonds. The highest BCUT2D eigenvalue weighted by atomic mass is 16.5. The van der Waals surface area contributed by atoms with Gasteiger partial charge in [-0.15, -0.1) is 0 Å². The van der Waals surface area contributed by atoms with Crippen LogP contribution in [0, 0.1) is 0 Å². The highest BCUT2D eigenvalue weighted by molar-refractivity contribution is 5.81. The van der Waals surface area contributed by atoms with E-state index >= 15 is 0 Å². The van der Waals surface area contributed by atoms with Gasteiger partial charge in [-0.25, -0.2) is 4.98 Å². The lowest BCUT2D eigenvalue weighted by Gasteiger charge is -2.22. The number of hydrogen-bond acceptors (Lipinski definition) is 6. The lowest BCUT2D eigenvalue weighted by atomic mass is 10.2. The first kappa shape index (κ1) is 20.7. The van der Waals surface area contributed by atoms with Gasteiger partial charge >= 0.3 is 5.97 Å². The average Bonchev–Trinajstić information content (AvgIpc) is 3.54. The van der Waals surface area contributed by atoms with Gasteiger partial charge in [0.2, 0.25) is 5.89 Å². The molecule has 0 saturated heterocycles. The first-order valence-electron chi connectivity index (χ1n) is 10.2. The number of benzene rings is 2. The third-order valence-corrected chi connectivity index (χ3v) is 5.07. The van der Waals surface area contributed by atoms with Gasteiger partial charge in [0, 0.05) is 18.2 Å². The molecule has 1 aromatic heterocycles. The van der Waals surface area contributed by atoms with E-state index in [4.69, 9.17) is 13.9 Å². The summed E-state index contributed by atoms with van der Waals surface area (Å²) >= 11 is 0. The Morgan fingerprint density at radius 3 is 2.52 bits per heavy atom. The first-order chi connectivity index (χ1) is 15.1. The van der Waals surface area contributed by atoms with Crippen LogP contribution in [0.2, 0.25) is 0 Å². The Balaban J connectivity index is 1.29. The standard InChI is InChI=1S/C24H24N2O5/c1-29-21-11-7-17(8-12-21)14-26(20-9-10-20)22(27)16-30-23(28)13-19-15-31-24(25-19)18-5-3-2-4-6-18/h2-8,11-12,15,20H,9-10,13-14,16H2,1H3. The van der Waals surface area contributed by atoms with E-state index < -0.39 is 5.97 Å². The molecular formula is C24H24N2O5. The highest BCUT2D eigenvalue weighted by Crippen LogP contribution is 2.29. The van der Waals surface area contributed by atoms with E-state index in [1.165, 1.54) is 6.26 Å². The predicted octanol–water partition coefficient (Wildman–Crippen LogP) is 3.63. The summed E-state index contributed by atoms with van der Waals surface area (Å²) in [7, 11) is 1.62. The molecule has 0 spiro atoms. The van der Waals surface area contributed by atoms with Crippen LogP contribution in [0.1, 0.15) is 24.1 Å². The topological polar surface area (TPSA) is 81.9 Å². The van der Waals surface area contributed by atoms with Crippen molar-refractivity contribution in [1.29, 1.82) is 0 Å². The minimum Gasteiger partial charge on any atom is -0.497 e. The second-order valence-electron chi connectivity index (χ2n) is 7.45. The molecular weight excluding hydrogens is 396 g/mol. The third kappa shape index (κ3) is 5.51. The van der Waals surface area contributed by atoms with Crippen molar-refractivity contribution in [2.24, 2.45) is 0 Å². The molecule has 1 aliphatic carbocycles. The Hall–Kier alpha value is -3.61. The summed E-state index contributed by atoms with van der Waals surface area (Å²) in [6.07, 6.45) is 3.32. The zero-order valence-electron chi connectivity index (χ0n) is 17.3.